The van der Waals surface area contributed by atoms with E-state index in [0.717, 1.165) is 11.8 Å². The van der Waals surface area contributed by atoms with Crippen molar-refractivity contribution in [1.82, 2.24) is 0 Å². The summed E-state index contributed by atoms with van der Waals surface area (Å²) < 4.78 is 0.315. The summed E-state index contributed by atoms with van der Waals surface area (Å²) in [5.74, 6) is 1.73. The van der Waals surface area contributed by atoms with Crippen molar-refractivity contribution in [3.8, 4) is 0 Å². The van der Waals surface area contributed by atoms with Crippen LogP contribution in [0.25, 0.3) is 0 Å². The third-order valence-corrected chi connectivity index (χ3v) is 4.03. The van der Waals surface area contributed by atoms with Crippen LogP contribution in [0.5, 0.6) is 0 Å². The van der Waals surface area contributed by atoms with Crippen molar-refractivity contribution in [3.05, 3.63) is 0 Å². The Bertz CT molecular complexity index is 109. The minimum absolute atomic E-state index is 0.315. The zero-order valence-electron chi connectivity index (χ0n) is 5.82. The Kier molecular flexibility index (Phi) is 2.27. The van der Waals surface area contributed by atoms with Crippen molar-refractivity contribution in [2.45, 2.75) is 29.9 Å². The molecule has 9 heavy (non-hydrogen) atoms. The first kappa shape index (κ1) is 8.06. The summed E-state index contributed by atoms with van der Waals surface area (Å²) in [4.78, 5) is 0. The lowest BCUT2D eigenvalue weighted by atomic mass is 10.0. The zero-order valence-corrected chi connectivity index (χ0v) is 9.00. The zero-order chi connectivity index (χ0) is 7.07. The summed E-state index contributed by atoms with van der Waals surface area (Å²) in [5, 5.41) is 0. The van der Waals surface area contributed by atoms with Crippen LogP contribution in [0.2, 0.25) is 0 Å². The van der Waals surface area contributed by atoms with E-state index in [2.05, 4.69) is 45.7 Å². The van der Waals surface area contributed by atoms with Crippen LogP contribution in [0.4, 0.5) is 0 Å². The SMILES string of the molecule is CC[C@@H](C)[C@H]1CC1(Br)Br. The van der Waals surface area contributed by atoms with Gasteiger partial charge in [0.2, 0.25) is 0 Å². The normalized spacial score (nSPS) is 34.0. The molecule has 0 bridgehead atoms. The van der Waals surface area contributed by atoms with Gasteiger partial charge < -0.3 is 0 Å². The fourth-order valence-corrected chi connectivity index (χ4v) is 2.74. The molecule has 0 radical (unpaired) electrons. The monoisotopic (exact) mass is 254 g/mol. The first-order valence-electron chi connectivity index (χ1n) is 3.45. The van der Waals surface area contributed by atoms with E-state index in [1.807, 2.05) is 0 Å². The highest BCUT2D eigenvalue weighted by atomic mass is 79.9. The molecule has 2 atom stereocenters. The second kappa shape index (κ2) is 2.54. The topological polar surface area (TPSA) is 0 Å². The lowest BCUT2D eigenvalue weighted by Crippen LogP contribution is -2.00. The van der Waals surface area contributed by atoms with Crippen LogP contribution >= 0.6 is 31.9 Å². The fraction of sp³-hybridized carbons (Fsp3) is 1.00. The Morgan fingerprint density at radius 3 is 2.22 bits per heavy atom. The average molecular weight is 256 g/mol. The first-order chi connectivity index (χ1) is 4.08. The van der Waals surface area contributed by atoms with Gasteiger partial charge in [0.05, 0.1) is 3.23 Å². The van der Waals surface area contributed by atoms with Gasteiger partial charge in [0, 0.05) is 0 Å². The van der Waals surface area contributed by atoms with Crippen LogP contribution in [0.15, 0.2) is 0 Å². The largest absolute Gasteiger partial charge is 0.0840 e. The van der Waals surface area contributed by atoms with Gasteiger partial charge in [0.25, 0.3) is 0 Å². The van der Waals surface area contributed by atoms with Crippen molar-refractivity contribution in [3.63, 3.8) is 0 Å². The van der Waals surface area contributed by atoms with Gasteiger partial charge in [-0.3, -0.25) is 0 Å². The van der Waals surface area contributed by atoms with Gasteiger partial charge in [-0.1, -0.05) is 52.1 Å². The molecule has 0 saturated heterocycles. The molecule has 0 aromatic heterocycles. The van der Waals surface area contributed by atoms with Crippen LogP contribution in [0.1, 0.15) is 26.7 Å². The van der Waals surface area contributed by atoms with Gasteiger partial charge in [-0.15, -0.1) is 0 Å². The number of hydrogen-bond acceptors (Lipinski definition) is 0. The van der Waals surface area contributed by atoms with E-state index in [-0.39, 0.29) is 0 Å². The lowest BCUT2D eigenvalue weighted by molar-refractivity contribution is 0.493. The van der Waals surface area contributed by atoms with Gasteiger partial charge in [-0.05, 0) is 18.3 Å². The third-order valence-electron chi connectivity index (χ3n) is 2.21. The highest BCUT2D eigenvalue weighted by molar-refractivity contribution is 9.25. The maximum Gasteiger partial charge on any atom is 0.0840 e. The van der Waals surface area contributed by atoms with Gasteiger partial charge in [0.15, 0.2) is 0 Å². The van der Waals surface area contributed by atoms with Crippen molar-refractivity contribution in [1.29, 1.82) is 0 Å². The quantitative estimate of drug-likeness (QED) is 0.663. The molecule has 0 N–H and O–H groups in total. The molecule has 0 heterocycles. The molecule has 1 aliphatic carbocycles. The maximum atomic E-state index is 3.61. The van der Waals surface area contributed by atoms with Crippen molar-refractivity contribution in [2.75, 3.05) is 0 Å². The number of hydrogen-bond donors (Lipinski definition) is 0. The Morgan fingerprint density at radius 2 is 2.11 bits per heavy atom. The molecule has 0 unspecified atom stereocenters. The predicted octanol–water partition coefficient (Wildman–Crippen LogP) is 3.54. The predicted molar refractivity (Wildman–Crippen MR) is 48.1 cm³/mol. The fourth-order valence-electron chi connectivity index (χ4n) is 1.14. The Morgan fingerprint density at radius 1 is 1.67 bits per heavy atom. The molecule has 0 aliphatic heterocycles. The molecule has 0 aromatic carbocycles. The summed E-state index contributed by atoms with van der Waals surface area (Å²) in [6.45, 7) is 4.56. The van der Waals surface area contributed by atoms with Gasteiger partial charge in [0.1, 0.15) is 0 Å². The van der Waals surface area contributed by atoms with Crippen molar-refractivity contribution < 1.29 is 0 Å². The van der Waals surface area contributed by atoms with E-state index in [4.69, 9.17) is 0 Å². The van der Waals surface area contributed by atoms with Gasteiger partial charge >= 0.3 is 0 Å². The number of rotatable bonds is 2. The van der Waals surface area contributed by atoms with E-state index in [1.54, 1.807) is 0 Å². The van der Waals surface area contributed by atoms with E-state index in [1.165, 1.54) is 12.8 Å². The van der Waals surface area contributed by atoms with Crippen LogP contribution in [-0.4, -0.2) is 3.23 Å². The number of alkyl halides is 2. The van der Waals surface area contributed by atoms with Crippen molar-refractivity contribution in [2.24, 2.45) is 11.8 Å². The van der Waals surface area contributed by atoms with Crippen LogP contribution in [-0.2, 0) is 0 Å². The Hall–Kier alpha value is 0.960. The summed E-state index contributed by atoms with van der Waals surface area (Å²) in [5.41, 5.74) is 0. The highest BCUT2D eigenvalue weighted by Gasteiger charge is 2.52. The Labute approximate surface area is 73.7 Å². The summed E-state index contributed by atoms with van der Waals surface area (Å²) in [7, 11) is 0. The maximum absolute atomic E-state index is 3.61. The first-order valence-corrected chi connectivity index (χ1v) is 5.04. The Balaban J connectivity index is 2.33. The summed E-state index contributed by atoms with van der Waals surface area (Å²) >= 11 is 7.22. The molecule has 1 rings (SSSR count). The molecule has 0 amide bonds. The molecule has 54 valence electrons. The molecule has 1 aliphatic rings. The van der Waals surface area contributed by atoms with Crippen LogP contribution in [0, 0.1) is 11.8 Å². The standard InChI is InChI=1S/C7H12Br2/c1-3-5(2)6-4-7(6,8)9/h5-6H,3-4H2,1-2H3/t5-,6-/m1/s1. The molecular weight excluding hydrogens is 244 g/mol. The second-order valence-corrected chi connectivity index (χ2v) is 6.85. The molecule has 1 saturated carbocycles. The summed E-state index contributed by atoms with van der Waals surface area (Å²) in [6, 6.07) is 0. The van der Waals surface area contributed by atoms with Crippen LogP contribution < -0.4 is 0 Å². The molecule has 0 nitrogen and oxygen atoms in total. The second-order valence-electron chi connectivity index (χ2n) is 2.96. The van der Waals surface area contributed by atoms with E-state index >= 15 is 0 Å². The lowest BCUT2D eigenvalue weighted by Gasteiger charge is -2.06. The minimum Gasteiger partial charge on any atom is -0.0724 e. The van der Waals surface area contributed by atoms with E-state index in [0.29, 0.717) is 3.23 Å². The molecule has 0 aromatic rings. The van der Waals surface area contributed by atoms with E-state index in [9.17, 15) is 0 Å². The minimum atomic E-state index is 0.315. The summed E-state index contributed by atoms with van der Waals surface area (Å²) in [6.07, 6.45) is 2.59. The van der Waals surface area contributed by atoms with Crippen molar-refractivity contribution >= 4 is 31.9 Å². The molecule has 1 fully saturated rings. The number of halogens is 2. The highest BCUT2D eigenvalue weighted by Crippen LogP contribution is 2.60. The van der Waals surface area contributed by atoms with Gasteiger partial charge in [-0.25, -0.2) is 0 Å². The molecule has 2 heteroatoms. The average Bonchev–Trinajstić information content (AvgIpc) is 2.38. The van der Waals surface area contributed by atoms with E-state index < -0.39 is 0 Å². The smallest absolute Gasteiger partial charge is 0.0724 e. The van der Waals surface area contributed by atoms with Gasteiger partial charge in [-0.2, -0.15) is 0 Å². The third kappa shape index (κ3) is 1.70. The van der Waals surface area contributed by atoms with Crippen LogP contribution in [0.3, 0.4) is 0 Å². The molecular formula is C7H12Br2. The molecule has 0 spiro atoms.